The average Bonchev–Trinajstić information content (AvgIpc) is 2.11. The van der Waals surface area contributed by atoms with Crippen LogP contribution < -0.4 is 0 Å². The third-order valence-corrected chi connectivity index (χ3v) is 3.18. The van der Waals surface area contributed by atoms with Gasteiger partial charge in [0, 0.05) is 0 Å². The van der Waals surface area contributed by atoms with Crippen LogP contribution in [0.15, 0.2) is 23.3 Å². The highest BCUT2D eigenvalue weighted by atomic mass is 16.3. The summed E-state index contributed by atoms with van der Waals surface area (Å²) in [4.78, 5) is 10.9. The molecule has 84 valence electrons. The predicted molar refractivity (Wildman–Crippen MR) is 61.5 cm³/mol. The minimum atomic E-state index is -0.343. The van der Waals surface area contributed by atoms with E-state index in [-0.39, 0.29) is 17.3 Å². The van der Waals surface area contributed by atoms with E-state index in [0.717, 1.165) is 24.0 Å². The van der Waals surface area contributed by atoms with Crippen LogP contribution in [0.4, 0.5) is 0 Å². The van der Waals surface area contributed by atoms with Gasteiger partial charge >= 0.3 is 0 Å². The predicted octanol–water partition coefficient (Wildman–Crippen LogP) is 2.63. The molecule has 1 aliphatic rings. The van der Waals surface area contributed by atoms with Crippen molar-refractivity contribution in [2.75, 3.05) is 0 Å². The fourth-order valence-corrected chi connectivity index (χ4v) is 2.12. The normalized spacial score (nSPS) is 26.1. The molecule has 0 aliphatic heterocycles. The molecule has 1 atom stereocenters. The molecule has 0 aromatic heterocycles. The van der Waals surface area contributed by atoms with Crippen LogP contribution in [0.25, 0.3) is 0 Å². The van der Waals surface area contributed by atoms with Crippen LogP contribution in [0, 0.1) is 5.41 Å². The summed E-state index contributed by atoms with van der Waals surface area (Å²) in [7, 11) is 0. The summed E-state index contributed by atoms with van der Waals surface area (Å²) in [6, 6.07) is 0. The number of rotatable bonds is 2. The van der Waals surface area contributed by atoms with Gasteiger partial charge in [0.2, 0.25) is 0 Å². The summed E-state index contributed by atoms with van der Waals surface area (Å²) in [5.41, 5.74) is 2.18. The maximum atomic E-state index is 10.9. The first-order chi connectivity index (χ1) is 6.84. The van der Waals surface area contributed by atoms with Gasteiger partial charge in [-0.2, -0.15) is 0 Å². The third kappa shape index (κ3) is 2.78. The Morgan fingerprint density at radius 1 is 1.53 bits per heavy atom. The highest BCUT2D eigenvalue weighted by Gasteiger charge is 2.30. The highest BCUT2D eigenvalue weighted by molar-refractivity contribution is 5.87. The topological polar surface area (TPSA) is 37.3 Å². The van der Waals surface area contributed by atoms with Crippen molar-refractivity contribution in [3.63, 3.8) is 0 Å². The van der Waals surface area contributed by atoms with E-state index < -0.39 is 0 Å². The van der Waals surface area contributed by atoms with E-state index in [1.54, 1.807) is 13.0 Å². The second kappa shape index (κ2) is 4.31. The molecule has 1 rings (SSSR count). The van der Waals surface area contributed by atoms with Gasteiger partial charge in [0.1, 0.15) is 0 Å². The van der Waals surface area contributed by atoms with E-state index in [4.69, 9.17) is 0 Å². The summed E-state index contributed by atoms with van der Waals surface area (Å²) < 4.78 is 0. The van der Waals surface area contributed by atoms with Crippen molar-refractivity contribution in [2.45, 2.75) is 46.6 Å². The number of allylic oxidation sites excluding steroid dienone is 3. The maximum Gasteiger partial charge on any atom is 0.152 e. The van der Waals surface area contributed by atoms with Crippen LogP contribution in [-0.2, 0) is 4.79 Å². The first-order valence-electron chi connectivity index (χ1n) is 5.42. The van der Waals surface area contributed by atoms with Gasteiger partial charge in [0.25, 0.3) is 0 Å². The van der Waals surface area contributed by atoms with E-state index in [1.807, 2.05) is 13.0 Å². The van der Waals surface area contributed by atoms with Crippen LogP contribution >= 0.6 is 0 Å². The van der Waals surface area contributed by atoms with Crippen LogP contribution in [0.1, 0.15) is 40.5 Å². The van der Waals surface area contributed by atoms with Gasteiger partial charge in [-0.1, -0.05) is 19.9 Å². The Labute approximate surface area is 91.7 Å². The molecule has 0 saturated carbocycles. The molecule has 1 aliphatic carbocycles. The zero-order valence-corrected chi connectivity index (χ0v) is 10.0. The molecule has 2 heteroatoms. The van der Waals surface area contributed by atoms with E-state index in [0.29, 0.717) is 0 Å². The van der Waals surface area contributed by atoms with Gasteiger partial charge in [-0.05, 0) is 49.3 Å². The quantitative estimate of drug-likeness (QED) is 0.708. The zero-order chi connectivity index (χ0) is 11.6. The second-order valence-corrected chi connectivity index (χ2v) is 4.98. The molecule has 2 nitrogen and oxygen atoms in total. The van der Waals surface area contributed by atoms with Gasteiger partial charge in [0.05, 0.1) is 6.10 Å². The Balaban J connectivity index is 3.07. The lowest BCUT2D eigenvalue weighted by atomic mass is 9.71. The zero-order valence-electron chi connectivity index (χ0n) is 10.0. The van der Waals surface area contributed by atoms with Crippen LogP contribution in [-0.4, -0.2) is 17.0 Å². The largest absolute Gasteiger partial charge is 0.389 e. The van der Waals surface area contributed by atoms with Crippen molar-refractivity contribution in [3.8, 4) is 0 Å². The Hall–Kier alpha value is -0.890. The van der Waals surface area contributed by atoms with E-state index >= 15 is 0 Å². The summed E-state index contributed by atoms with van der Waals surface area (Å²) in [5, 5.41) is 9.77. The van der Waals surface area contributed by atoms with E-state index in [1.165, 1.54) is 0 Å². The first kappa shape index (κ1) is 12.2. The summed E-state index contributed by atoms with van der Waals surface area (Å²) >= 11 is 0. The lowest BCUT2D eigenvalue weighted by molar-refractivity contribution is -0.112. The Bertz CT molecular complexity index is 321. The number of aliphatic hydroxyl groups is 1. The molecule has 0 aromatic carbocycles. The van der Waals surface area contributed by atoms with E-state index in [9.17, 15) is 9.90 Å². The monoisotopic (exact) mass is 208 g/mol. The van der Waals surface area contributed by atoms with Crippen molar-refractivity contribution in [1.29, 1.82) is 0 Å². The molecule has 0 fully saturated rings. The fourth-order valence-electron chi connectivity index (χ4n) is 2.12. The van der Waals surface area contributed by atoms with Crippen molar-refractivity contribution < 1.29 is 9.90 Å². The number of hydrogen-bond acceptors (Lipinski definition) is 2. The highest BCUT2D eigenvalue weighted by Crippen LogP contribution is 2.40. The van der Waals surface area contributed by atoms with Gasteiger partial charge in [-0.3, -0.25) is 4.79 Å². The standard InChI is InChI=1S/C13H20O2/c1-9(14)5-6-11-10(2)12(15)7-8-13(11,3)4/h5-6,12,15H,7-8H2,1-4H3. The molecular weight excluding hydrogens is 188 g/mol. The molecule has 0 radical (unpaired) electrons. The first-order valence-corrected chi connectivity index (χ1v) is 5.42. The van der Waals surface area contributed by atoms with Crippen LogP contribution in [0.3, 0.4) is 0 Å². The molecule has 0 saturated heterocycles. The number of carbonyl (C=O) groups excluding carboxylic acids is 1. The third-order valence-electron chi connectivity index (χ3n) is 3.18. The van der Waals surface area contributed by atoms with Crippen LogP contribution in [0.2, 0.25) is 0 Å². The summed E-state index contributed by atoms with van der Waals surface area (Å²) in [5.74, 6) is 0.0474. The van der Waals surface area contributed by atoms with Gasteiger partial charge < -0.3 is 5.11 Å². The lowest BCUT2D eigenvalue weighted by Gasteiger charge is -2.35. The molecule has 15 heavy (non-hydrogen) atoms. The number of aliphatic hydroxyl groups excluding tert-OH is 1. The van der Waals surface area contributed by atoms with Crippen molar-refractivity contribution in [3.05, 3.63) is 23.3 Å². The Kier molecular flexibility index (Phi) is 3.50. The minimum Gasteiger partial charge on any atom is -0.389 e. The molecule has 1 N–H and O–H groups in total. The average molecular weight is 208 g/mol. The van der Waals surface area contributed by atoms with Crippen LogP contribution in [0.5, 0.6) is 0 Å². The Morgan fingerprint density at radius 2 is 2.13 bits per heavy atom. The fraction of sp³-hybridized carbons (Fsp3) is 0.615. The van der Waals surface area contributed by atoms with Gasteiger partial charge in [-0.25, -0.2) is 0 Å². The van der Waals surface area contributed by atoms with E-state index in [2.05, 4.69) is 13.8 Å². The van der Waals surface area contributed by atoms with Crippen molar-refractivity contribution in [1.82, 2.24) is 0 Å². The van der Waals surface area contributed by atoms with Gasteiger partial charge in [-0.15, -0.1) is 0 Å². The summed E-state index contributed by atoms with van der Waals surface area (Å²) in [6.07, 6.45) is 4.88. The molecule has 0 heterocycles. The smallest absolute Gasteiger partial charge is 0.152 e. The lowest BCUT2D eigenvalue weighted by Crippen LogP contribution is -2.27. The van der Waals surface area contributed by atoms with Gasteiger partial charge in [0.15, 0.2) is 5.78 Å². The SMILES string of the molecule is CC(=O)C=CC1=C(C)C(O)CCC1(C)C. The molecule has 1 unspecified atom stereocenters. The molecule has 0 spiro atoms. The Morgan fingerprint density at radius 3 is 2.67 bits per heavy atom. The number of ketones is 1. The van der Waals surface area contributed by atoms with Crippen molar-refractivity contribution >= 4 is 5.78 Å². The minimum absolute atomic E-state index is 0.0474. The molecule has 0 aromatic rings. The molecule has 0 amide bonds. The molecular formula is C13H20O2. The van der Waals surface area contributed by atoms with Crippen molar-refractivity contribution in [2.24, 2.45) is 5.41 Å². The number of hydrogen-bond donors (Lipinski definition) is 1. The maximum absolute atomic E-state index is 10.9. The second-order valence-electron chi connectivity index (χ2n) is 4.98. The number of carbonyl (C=O) groups is 1. The summed E-state index contributed by atoms with van der Waals surface area (Å²) in [6.45, 7) is 7.80. The molecule has 0 bridgehead atoms.